The van der Waals surface area contributed by atoms with Crippen molar-refractivity contribution in [2.75, 3.05) is 11.5 Å². The number of anilines is 2. The Labute approximate surface area is 120 Å². The fourth-order valence-electron chi connectivity index (χ4n) is 1.79. The van der Waals surface area contributed by atoms with Crippen molar-refractivity contribution < 1.29 is 13.2 Å². The third-order valence-corrected chi connectivity index (χ3v) is 3.76. The molecule has 0 radical (unpaired) electrons. The quantitative estimate of drug-likeness (QED) is 0.721. The molecule has 0 atom stereocenters. The van der Waals surface area contributed by atoms with Crippen LogP contribution in [0.5, 0.6) is 0 Å². The van der Waals surface area contributed by atoms with E-state index in [9.17, 15) is 13.2 Å². The van der Waals surface area contributed by atoms with Gasteiger partial charge >= 0.3 is 6.18 Å². The molecule has 5 nitrogen and oxygen atoms in total. The van der Waals surface area contributed by atoms with Crippen molar-refractivity contribution in [3.05, 3.63) is 29.8 Å². The number of rotatable bonds is 1. The maximum absolute atomic E-state index is 12.5. The summed E-state index contributed by atoms with van der Waals surface area (Å²) < 4.78 is 37.6. The normalized spacial score (nSPS) is 12.0. The monoisotopic (exact) mass is 311 g/mol. The Hall–Kier alpha value is -2.42. The first-order valence-electron chi connectivity index (χ1n) is 5.72. The minimum absolute atomic E-state index is 0.0302. The maximum atomic E-state index is 12.5. The third kappa shape index (κ3) is 2.47. The van der Waals surface area contributed by atoms with Crippen molar-refractivity contribution in [1.82, 2.24) is 15.0 Å². The largest absolute Gasteiger partial charge is 0.416 e. The van der Waals surface area contributed by atoms with Gasteiger partial charge in [-0.05, 0) is 12.1 Å². The lowest BCUT2D eigenvalue weighted by molar-refractivity contribution is -0.137. The fourth-order valence-corrected chi connectivity index (χ4v) is 2.75. The zero-order chi connectivity index (χ0) is 15.2. The smallest absolute Gasteiger partial charge is 0.382 e. The summed E-state index contributed by atoms with van der Waals surface area (Å²) in [7, 11) is 0. The zero-order valence-corrected chi connectivity index (χ0v) is 11.2. The van der Waals surface area contributed by atoms with E-state index in [4.69, 9.17) is 11.5 Å². The molecule has 2 heterocycles. The summed E-state index contributed by atoms with van der Waals surface area (Å²) in [6.07, 6.45) is -4.36. The number of hydrogen-bond donors (Lipinski definition) is 2. The Morgan fingerprint density at radius 2 is 1.62 bits per heavy atom. The lowest BCUT2D eigenvalue weighted by Gasteiger charge is -2.06. The summed E-state index contributed by atoms with van der Waals surface area (Å²) in [5.41, 5.74) is 11.4. The molecule has 0 aliphatic heterocycles. The van der Waals surface area contributed by atoms with E-state index in [1.165, 1.54) is 23.5 Å². The topological polar surface area (TPSA) is 90.7 Å². The van der Waals surface area contributed by atoms with Crippen molar-refractivity contribution >= 4 is 33.5 Å². The second-order valence-electron chi connectivity index (χ2n) is 4.21. The molecule has 4 N–H and O–H groups in total. The van der Waals surface area contributed by atoms with E-state index in [-0.39, 0.29) is 11.8 Å². The second kappa shape index (κ2) is 4.55. The fraction of sp³-hybridized carbons (Fsp3) is 0.0833. The highest BCUT2D eigenvalue weighted by atomic mass is 32.1. The Kier molecular flexibility index (Phi) is 2.94. The number of nitrogens with zero attached hydrogens (tertiary/aromatic N) is 3. The molecule has 1 aromatic carbocycles. The highest BCUT2D eigenvalue weighted by Gasteiger charge is 2.30. The Morgan fingerprint density at radius 3 is 2.24 bits per heavy atom. The van der Waals surface area contributed by atoms with Crippen LogP contribution in [-0.2, 0) is 6.18 Å². The predicted molar refractivity (Wildman–Crippen MR) is 74.5 cm³/mol. The van der Waals surface area contributed by atoms with Crippen molar-refractivity contribution in [2.45, 2.75) is 6.18 Å². The number of benzene rings is 1. The van der Waals surface area contributed by atoms with E-state index in [2.05, 4.69) is 15.0 Å². The zero-order valence-electron chi connectivity index (χ0n) is 10.3. The van der Waals surface area contributed by atoms with Crippen LogP contribution >= 0.6 is 11.3 Å². The van der Waals surface area contributed by atoms with Crippen LogP contribution in [0.25, 0.3) is 20.9 Å². The van der Waals surface area contributed by atoms with Gasteiger partial charge in [0.2, 0.25) is 5.95 Å². The van der Waals surface area contributed by atoms with Gasteiger partial charge in [-0.2, -0.15) is 18.2 Å². The minimum Gasteiger partial charge on any atom is -0.382 e. The van der Waals surface area contributed by atoms with Gasteiger partial charge in [-0.1, -0.05) is 23.5 Å². The first-order valence-corrected chi connectivity index (χ1v) is 6.53. The molecule has 9 heteroatoms. The molecule has 21 heavy (non-hydrogen) atoms. The van der Waals surface area contributed by atoms with Gasteiger partial charge in [0.1, 0.15) is 10.5 Å². The summed E-state index contributed by atoms with van der Waals surface area (Å²) in [5, 5.41) is 0.505. The van der Waals surface area contributed by atoms with Gasteiger partial charge in [-0.25, -0.2) is 9.97 Å². The van der Waals surface area contributed by atoms with E-state index >= 15 is 0 Å². The molecule has 3 rings (SSSR count). The molecule has 3 aromatic rings. The average Bonchev–Trinajstić information content (AvgIpc) is 2.82. The summed E-state index contributed by atoms with van der Waals surface area (Å²) in [5.74, 6) is 0.175. The molecular weight excluding hydrogens is 303 g/mol. The van der Waals surface area contributed by atoms with Gasteiger partial charge in [-0.15, -0.1) is 0 Å². The van der Waals surface area contributed by atoms with Crippen LogP contribution in [-0.4, -0.2) is 15.0 Å². The summed E-state index contributed by atoms with van der Waals surface area (Å²) in [6.45, 7) is 0. The van der Waals surface area contributed by atoms with E-state index in [0.717, 1.165) is 12.1 Å². The van der Waals surface area contributed by atoms with Crippen LogP contribution in [0.15, 0.2) is 24.3 Å². The maximum Gasteiger partial charge on any atom is 0.416 e. The lowest BCUT2D eigenvalue weighted by Crippen LogP contribution is -2.03. The number of nitrogens with two attached hydrogens (primary N) is 2. The van der Waals surface area contributed by atoms with Gasteiger partial charge in [0, 0.05) is 5.56 Å². The Bertz CT molecular complexity index is 810. The lowest BCUT2D eigenvalue weighted by atomic mass is 10.1. The molecule has 0 bridgehead atoms. The number of aromatic nitrogens is 3. The van der Waals surface area contributed by atoms with E-state index in [1.54, 1.807) is 0 Å². The molecule has 0 saturated heterocycles. The third-order valence-electron chi connectivity index (χ3n) is 2.76. The highest BCUT2D eigenvalue weighted by Crippen LogP contribution is 2.34. The van der Waals surface area contributed by atoms with Gasteiger partial charge in [0.15, 0.2) is 10.6 Å². The van der Waals surface area contributed by atoms with Crippen molar-refractivity contribution in [2.24, 2.45) is 0 Å². The molecule has 0 aliphatic rings. The van der Waals surface area contributed by atoms with E-state index in [0.29, 0.717) is 20.9 Å². The van der Waals surface area contributed by atoms with Crippen molar-refractivity contribution in [3.8, 4) is 10.6 Å². The molecule has 108 valence electrons. The van der Waals surface area contributed by atoms with E-state index < -0.39 is 11.7 Å². The molecular formula is C12H8F3N5S. The molecule has 0 unspecified atom stereocenters. The minimum atomic E-state index is -4.36. The first-order chi connectivity index (χ1) is 9.84. The number of hydrogen-bond acceptors (Lipinski definition) is 6. The second-order valence-corrected chi connectivity index (χ2v) is 5.19. The number of thiazole rings is 1. The number of alkyl halides is 3. The molecule has 0 saturated carbocycles. The number of halogens is 3. The Morgan fingerprint density at radius 1 is 0.952 bits per heavy atom. The predicted octanol–water partition coefficient (Wildman–Crippen LogP) is 2.94. The van der Waals surface area contributed by atoms with Crippen LogP contribution in [0.4, 0.5) is 24.9 Å². The van der Waals surface area contributed by atoms with Crippen molar-refractivity contribution in [3.63, 3.8) is 0 Å². The number of nitrogen functional groups attached to an aromatic ring is 2. The van der Waals surface area contributed by atoms with E-state index in [1.807, 2.05) is 0 Å². The van der Waals surface area contributed by atoms with Crippen LogP contribution in [0.1, 0.15) is 5.56 Å². The summed E-state index contributed by atoms with van der Waals surface area (Å²) in [4.78, 5) is 12.5. The first kappa shape index (κ1) is 13.6. The average molecular weight is 311 g/mol. The molecule has 2 aromatic heterocycles. The molecule has 0 amide bonds. The molecule has 0 aliphatic carbocycles. The van der Waals surface area contributed by atoms with Gasteiger partial charge in [0.05, 0.1) is 5.56 Å². The van der Waals surface area contributed by atoms with Gasteiger partial charge < -0.3 is 11.5 Å². The SMILES string of the molecule is Nc1nc(N)c2nc(-c3ccc(C(F)(F)F)cc3)sc2n1. The Balaban J connectivity index is 2.06. The van der Waals surface area contributed by atoms with Crippen LogP contribution in [0, 0.1) is 0 Å². The summed E-state index contributed by atoms with van der Waals surface area (Å²) in [6, 6.07) is 4.72. The molecule has 0 fully saturated rings. The van der Waals surface area contributed by atoms with Crippen LogP contribution < -0.4 is 11.5 Å². The standard InChI is InChI=1S/C12H8F3N5S/c13-12(14,15)6-3-1-5(2-4-6)9-18-7-8(16)19-11(17)20-10(7)21-9/h1-4H,(H4,16,17,19,20). The number of fused-ring (bicyclic) bond motifs is 1. The van der Waals surface area contributed by atoms with Crippen LogP contribution in [0.2, 0.25) is 0 Å². The van der Waals surface area contributed by atoms with Crippen molar-refractivity contribution in [1.29, 1.82) is 0 Å². The highest BCUT2D eigenvalue weighted by molar-refractivity contribution is 7.21. The van der Waals surface area contributed by atoms with Crippen LogP contribution in [0.3, 0.4) is 0 Å². The van der Waals surface area contributed by atoms with Gasteiger partial charge in [-0.3, -0.25) is 0 Å². The van der Waals surface area contributed by atoms with Gasteiger partial charge in [0.25, 0.3) is 0 Å². The summed E-state index contributed by atoms with van der Waals surface area (Å²) >= 11 is 1.19. The molecule has 0 spiro atoms.